The third kappa shape index (κ3) is 2.73. The number of benzene rings is 2. The number of aliphatic imine (C=N–C) groups is 1. The first-order valence-corrected chi connectivity index (χ1v) is 9.11. The lowest BCUT2D eigenvalue weighted by molar-refractivity contribution is -0.120. The van der Waals surface area contributed by atoms with Gasteiger partial charge >= 0.3 is 0 Å². The van der Waals surface area contributed by atoms with Gasteiger partial charge in [0, 0.05) is 12.7 Å². The van der Waals surface area contributed by atoms with Gasteiger partial charge in [-0.2, -0.15) is 0 Å². The molecule has 3 aromatic rings. The van der Waals surface area contributed by atoms with E-state index in [0.717, 1.165) is 5.56 Å². The molecule has 2 atom stereocenters. The third-order valence-electron chi connectivity index (χ3n) is 5.32. The summed E-state index contributed by atoms with van der Waals surface area (Å²) in [6.45, 7) is 3.75. The number of hydrogen-bond acceptors (Lipinski definition) is 4. The second-order valence-electron chi connectivity index (χ2n) is 7.09. The van der Waals surface area contributed by atoms with E-state index in [2.05, 4.69) is 4.99 Å². The fourth-order valence-electron chi connectivity index (χ4n) is 3.63. The molecule has 142 valence electrons. The van der Waals surface area contributed by atoms with Crippen molar-refractivity contribution in [1.82, 2.24) is 9.36 Å². The number of carbonyl (C=O) groups is 1. The molecular weight excluding hydrogens is 354 g/mol. The maximum atomic E-state index is 13.1. The molecular formula is C22H21N3O3. The number of carbonyl (C=O) groups excluding carboxylic acids is 1. The monoisotopic (exact) mass is 375 g/mol. The lowest BCUT2D eigenvalue weighted by Crippen LogP contribution is -2.52. The van der Waals surface area contributed by atoms with Crippen molar-refractivity contribution < 1.29 is 9.90 Å². The maximum absolute atomic E-state index is 13.1. The minimum Gasteiger partial charge on any atom is -0.386 e. The summed E-state index contributed by atoms with van der Waals surface area (Å²) in [5, 5.41) is 10.6. The van der Waals surface area contributed by atoms with Gasteiger partial charge in [-0.05, 0) is 38.1 Å². The van der Waals surface area contributed by atoms with E-state index in [1.807, 2.05) is 49.4 Å². The highest BCUT2D eigenvalue weighted by Crippen LogP contribution is 2.34. The van der Waals surface area contributed by atoms with Crippen LogP contribution in [0.25, 0.3) is 5.69 Å². The number of aryl methyl sites for hydroxylation is 1. The molecule has 6 heteroatoms. The Bertz CT molecular complexity index is 1140. The van der Waals surface area contributed by atoms with Crippen LogP contribution in [-0.4, -0.2) is 32.1 Å². The highest BCUT2D eigenvalue weighted by Gasteiger charge is 2.49. The summed E-state index contributed by atoms with van der Waals surface area (Å²) >= 11 is 0. The number of aromatic nitrogens is 2. The van der Waals surface area contributed by atoms with Gasteiger partial charge in [-0.25, -0.2) is 9.67 Å². The van der Waals surface area contributed by atoms with Crippen molar-refractivity contribution in [2.24, 2.45) is 12.0 Å². The summed E-state index contributed by atoms with van der Waals surface area (Å²) in [5.74, 6) is -1.19. The van der Waals surface area contributed by atoms with E-state index in [-0.39, 0.29) is 17.1 Å². The van der Waals surface area contributed by atoms with Gasteiger partial charge in [0.15, 0.2) is 5.78 Å². The lowest BCUT2D eigenvalue weighted by Gasteiger charge is -2.32. The molecule has 0 spiro atoms. The van der Waals surface area contributed by atoms with Crippen LogP contribution in [0.3, 0.4) is 0 Å². The summed E-state index contributed by atoms with van der Waals surface area (Å²) in [6, 6.07) is 16.6. The molecule has 0 bridgehead atoms. The van der Waals surface area contributed by atoms with Crippen LogP contribution < -0.4 is 5.56 Å². The molecule has 4 rings (SSSR count). The number of hydrogen-bond donors (Lipinski definition) is 1. The summed E-state index contributed by atoms with van der Waals surface area (Å²) < 4.78 is 3.22. The minimum absolute atomic E-state index is 0.0998. The van der Waals surface area contributed by atoms with Gasteiger partial charge in [0.1, 0.15) is 11.8 Å². The smallest absolute Gasteiger partial charge is 0.275 e. The number of aliphatic hydroxyl groups excluding tert-OH is 1. The van der Waals surface area contributed by atoms with Gasteiger partial charge in [-0.1, -0.05) is 35.9 Å². The van der Waals surface area contributed by atoms with Crippen LogP contribution in [-0.2, 0) is 11.8 Å². The van der Waals surface area contributed by atoms with E-state index in [1.54, 1.807) is 30.8 Å². The first-order chi connectivity index (χ1) is 13.4. The quantitative estimate of drug-likeness (QED) is 0.764. The fourth-order valence-corrected chi connectivity index (χ4v) is 3.63. The van der Waals surface area contributed by atoms with Crippen LogP contribution in [0, 0.1) is 13.8 Å². The molecule has 1 N–H and O–H groups in total. The van der Waals surface area contributed by atoms with Crippen molar-refractivity contribution in [3.8, 4) is 5.69 Å². The molecule has 0 saturated heterocycles. The topological polar surface area (TPSA) is 76.6 Å². The molecule has 1 aliphatic carbocycles. The standard InChI is InChI=1S/C22H21N3O3/c1-13-9-11-15(12-10-13)23-19-20(26)18(21(19)27)17-14(2)24(3)25(22(17)28)16-7-5-4-6-8-16/h4-12,18,20,26H,1-3H3. The molecule has 1 fully saturated rings. The van der Waals surface area contributed by atoms with Crippen LogP contribution in [0.1, 0.15) is 22.7 Å². The van der Waals surface area contributed by atoms with E-state index in [1.165, 1.54) is 4.68 Å². The van der Waals surface area contributed by atoms with Crippen molar-refractivity contribution in [3.63, 3.8) is 0 Å². The van der Waals surface area contributed by atoms with Crippen molar-refractivity contribution in [2.45, 2.75) is 25.9 Å². The minimum atomic E-state index is -1.09. The van der Waals surface area contributed by atoms with E-state index in [9.17, 15) is 14.7 Å². The fraction of sp³-hybridized carbons (Fsp3) is 0.227. The molecule has 2 unspecified atom stereocenters. The first-order valence-electron chi connectivity index (χ1n) is 9.11. The van der Waals surface area contributed by atoms with Crippen LogP contribution in [0.2, 0.25) is 0 Å². The zero-order valence-electron chi connectivity index (χ0n) is 16.0. The molecule has 28 heavy (non-hydrogen) atoms. The van der Waals surface area contributed by atoms with Crippen molar-refractivity contribution >= 4 is 17.2 Å². The summed E-state index contributed by atoms with van der Waals surface area (Å²) in [6.07, 6.45) is -1.09. The number of Topliss-reactive ketones (excluding diaryl/α,β-unsaturated/α-hetero) is 1. The Morgan fingerprint density at radius 3 is 2.21 bits per heavy atom. The van der Waals surface area contributed by atoms with E-state index >= 15 is 0 Å². The highest BCUT2D eigenvalue weighted by molar-refractivity contribution is 6.51. The molecule has 0 amide bonds. The SMILES string of the molecule is Cc1ccc(N=C2C(=O)C(c3c(C)n(C)n(-c4ccccc4)c3=O)C2O)cc1. The number of ketones is 1. The molecule has 1 aliphatic rings. The highest BCUT2D eigenvalue weighted by atomic mass is 16.3. The normalized spacial score (nSPS) is 20.4. The van der Waals surface area contributed by atoms with Gasteiger partial charge < -0.3 is 5.11 Å². The second-order valence-corrected chi connectivity index (χ2v) is 7.09. The van der Waals surface area contributed by atoms with Gasteiger partial charge in [0.2, 0.25) is 0 Å². The second kappa shape index (κ2) is 6.73. The summed E-state index contributed by atoms with van der Waals surface area (Å²) in [7, 11) is 1.77. The Hall–Kier alpha value is -3.25. The zero-order chi connectivity index (χ0) is 20.0. The summed E-state index contributed by atoms with van der Waals surface area (Å²) in [5.41, 5.74) is 3.19. The van der Waals surface area contributed by atoms with Crippen LogP contribution >= 0.6 is 0 Å². The third-order valence-corrected chi connectivity index (χ3v) is 5.32. The predicted octanol–water partition coefficient (Wildman–Crippen LogP) is 2.59. The Balaban J connectivity index is 1.73. The van der Waals surface area contributed by atoms with E-state index < -0.39 is 12.0 Å². The van der Waals surface area contributed by atoms with Crippen molar-refractivity contribution in [1.29, 1.82) is 0 Å². The molecule has 1 aromatic heterocycles. The molecule has 2 aromatic carbocycles. The Labute approximate surface area is 162 Å². The van der Waals surface area contributed by atoms with Crippen molar-refractivity contribution in [2.75, 3.05) is 0 Å². The van der Waals surface area contributed by atoms with Crippen LogP contribution in [0.4, 0.5) is 5.69 Å². The van der Waals surface area contributed by atoms with Gasteiger partial charge in [0.05, 0.1) is 22.9 Å². The molecule has 0 aliphatic heterocycles. The molecule has 1 saturated carbocycles. The van der Waals surface area contributed by atoms with Crippen molar-refractivity contribution in [3.05, 3.63) is 81.8 Å². The van der Waals surface area contributed by atoms with E-state index in [4.69, 9.17) is 0 Å². The summed E-state index contributed by atoms with van der Waals surface area (Å²) in [4.78, 5) is 30.1. The number of rotatable bonds is 3. The average molecular weight is 375 g/mol. The Morgan fingerprint density at radius 2 is 1.61 bits per heavy atom. The van der Waals surface area contributed by atoms with Gasteiger partial charge in [0.25, 0.3) is 5.56 Å². The molecule has 0 radical (unpaired) electrons. The Morgan fingerprint density at radius 1 is 0.964 bits per heavy atom. The maximum Gasteiger partial charge on any atom is 0.275 e. The van der Waals surface area contributed by atoms with Gasteiger partial charge in [-0.15, -0.1) is 0 Å². The lowest BCUT2D eigenvalue weighted by atomic mass is 9.73. The van der Waals surface area contributed by atoms with Crippen LogP contribution in [0.5, 0.6) is 0 Å². The molecule has 6 nitrogen and oxygen atoms in total. The Kier molecular flexibility index (Phi) is 4.35. The zero-order valence-corrected chi connectivity index (χ0v) is 16.0. The van der Waals surface area contributed by atoms with Gasteiger partial charge in [-0.3, -0.25) is 14.3 Å². The number of para-hydroxylation sites is 1. The average Bonchev–Trinajstić information content (AvgIpc) is 2.91. The number of aliphatic hydroxyl groups is 1. The van der Waals surface area contributed by atoms with Crippen LogP contribution in [0.15, 0.2) is 64.4 Å². The van der Waals surface area contributed by atoms with E-state index in [0.29, 0.717) is 22.6 Å². The predicted molar refractivity (Wildman–Crippen MR) is 108 cm³/mol. The largest absolute Gasteiger partial charge is 0.386 e. The number of nitrogens with zero attached hydrogens (tertiary/aromatic N) is 3. The first kappa shape index (κ1) is 18.1. The molecule has 1 heterocycles.